The van der Waals surface area contributed by atoms with Crippen LogP contribution in [-0.2, 0) is 11.3 Å². The lowest BCUT2D eigenvalue weighted by molar-refractivity contribution is -0.385. The number of benzene rings is 2. The number of para-hydroxylation sites is 1. The molecule has 4 rings (SSSR count). The maximum absolute atomic E-state index is 12.8. The smallest absolute Gasteiger partial charge is 0.293 e. The molecule has 0 unspecified atom stereocenters. The van der Waals surface area contributed by atoms with Crippen molar-refractivity contribution in [1.82, 2.24) is 4.90 Å². The minimum atomic E-state index is -0.591. The van der Waals surface area contributed by atoms with Crippen LogP contribution in [0.2, 0.25) is 0 Å². The predicted octanol–water partition coefficient (Wildman–Crippen LogP) is 5.31. The van der Waals surface area contributed by atoms with Crippen molar-refractivity contribution < 1.29 is 23.9 Å². The number of rotatable bonds is 6. The molecule has 33 heavy (non-hydrogen) atoms. The summed E-state index contributed by atoms with van der Waals surface area (Å²) >= 11 is 0.703. The molecule has 3 aromatic rings. The van der Waals surface area contributed by atoms with Crippen LogP contribution < -0.4 is 0 Å². The second-order valence-electron chi connectivity index (χ2n) is 7.11. The highest BCUT2D eigenvalue weighted by molar-refractivity contribution is 8.18. The number of aryl methyl sites for hydroxylation is 1. The summed E-state index contributed by atoms with van der Waals surface area (Å²) in [5, 5.41) is 21.8. The van der Waals surface area contributed by atoms with Crippen molar-refractivity contribution in [2.24, 2.45) is 0 Å². The summed E-state index contributed by atoms with van der Waals surface area (Å²) in [7, 11) is 0. The Labute approximate surface area is 190 Å². The zero-order chi connectivity index (χ0) is 23.7. The lowest BCUT2D eigenvalue weighted by atomic mass is 10.1. The van der Waals surface area contributed by atoms with E-state index in [4.69, 9.17) is 4.42 Å². The van der Waals surface area contributed by atoms with Gasteiger partial charge >= 0.3 is 0 Å². The van der Waals surface area contributed by atoms with E-state index >= 15 is 0 Å². The van der Waals surface area contributed by atoms with Crippen LogP contribution in [0.4, 0.5) is 16.2 Å². The number of hydrogen-bond donors (Lipinski definition) is 0. The second-order valence-corrected chi connectivity index (χ2v) is 8.11. The first-order chi connectivity index (χ1) is 15.7. The molecule has 0 bridgehead atoms. The van der Waals surface area contributed by atoms with Crippen LogP contribution in [0.15, 0.2) is 63.9 Å². The fraction of sp³-hybridized carbons (Fsp3) is 0.0909. The van der Waals surface area contributed by atoms with E-state index in [1.54, 1.807) is 37.3 Å². The highest BCUT2D eigenvalue weighted by Gasteiger charge is 2.36. The van der Waals surface area contributed by atoms with Crippen molar-refractivity contribution in [2.45, 2.75) is 13.5 Å². The summed E-state index contributed by atoms with van der Waals surface area (Å²) in [6.45, 7) is 1.41. The van der Waals surface area contributed by atoms with Gasteiger partial charge in [0.15, 0.2) is 0 Å². The standard InChI is InChI=1S/C22H15N3O7S/c1-13-6-7-14(10-18(13)25(30)31)19-9-8-16(32-19)11-20-21(26)23(22(27)33-20)12-15-4-2-3-5-17(15)24(28)29/h2-11H,12H2,1H3/b20-11-. The molecule has 0 spiro atoms. The van der Waals surface area contributed by atoms with E-state index in [2.05, 4.69) is 0 Å². The molecule has 166 valence electrons. The van der Waals surface area contributed by atoms with E-state index < -0.39 is 21.0 Å². The molecular formula is C22H15N3O7S. The summed E-state index contributed by atoms with van der Waals surface area (Å²) < 4.78 is 5.71. The maximum atomic E-state index is 12.8. The van der Waals surface area contributed by atoms with Gasteiger partial charge < -0.3 is 4.42 Å². The number of imide groups is 1. The lowest BCUT2D eigenvalue weighted by Gasteiger charge is -2.12. The fourth-order valence-corrected chi connectivity index (χ4v) is 4.12. The third-order valence-electron chi connectivity index (χ3n) is 4.98. The molecular weight excluding hydrogens is 450 g/mol. The highest BCUT2D eigenvalue weighted by atomic mass is 32.2. The average molecular weight is 465 g/mol. The number of nitro groups is 2. The van der Waals surface area contributed by atoms with Gasteiger partial charge in [0.2, 0.25) is 0 Å². The quantitative estimate of drug-likeness (QED) is 0.271. The first-order valence-corrected chi connectivity index (χ1v) is 10.4. The Morgan fingerprint density at radius 2 is 1.73 bits per heavy atom. The maximum Gasteiger partial charge on any atom is 0.293 e. The molecule has 2 heterocycles. The summed E-state index contributed by atoms with van der Waals surface area (Å²) in [5.41, 5.74) is 1.04. The average Bonchev–Trinajstić information content (AvgIpc) is 3.34. The summed E-state index contributed by atoms with van der Waals surface area (Å²) in [6.07, 6.45) is 1.40. The Bertz CT molecular complexity index is 1350. The third kappa shape index (κ3) is 4.39. The number of nitro benzene ring substituents is 2. The minimum absolute atomic E-state index is 0.0402. The van der Waals surface area contributed by atoms with E-state index in [1.807, 2.05) is 0 Å². The Morgan fingerprint density at radius 1 is 1.00 bits per heavy atom. The van der Waals surface area contributed by atoms with Crippen LogP contribution >= 0.6 is 11.8 Å². The van der Waals surface area contributed by atoms with E-state index in [1.165, 1.54) is 30.3 Å². The number of thioether (sulfide) groups is 1. The van der Waals surface area contributed by atoms with Crippen molar-refractivity contribution in [3.8, 4) is 11.3 Å². The zero-order valence-electron chi connectivity index (χ0n) is 17.1. The van der Waals surface area contributed by atoms with E-state index in [0.29, 0.717) is 28.6 Å². The Morgan fingerprint density at radius 3 is 2.45 bits per heavy atom. The van der Waals surface area contributed by atoms with E-state index in [-0.39, 0.29) is 34.1 Å². The van der Waals surface area contributed by atoms with Crippen molar-refractivity contribution in [3.63, 3.8) is 0 Å². The summed E-state index contributed by atoms with van der Waals surface area (Å²) in [5.74, 6) is 0.0555. The van der Waals surface area contributed by atoms with Crippen LogP contribution in [0.1, 0.15) is 16.9 Å². The van der Waals surface area contributed by atoms with Crippen LogP contribution in [0.25, 0.3) is 17.4 Å². The van der Waals surface area contributed by atoms with Crippen molar-refractivity contribution in [2.75, 3.05) is 0 Å². The largest absolute Gasteiger partial charge is 0.457 e. The predicted molar refractivity (Wildman–Crippen MR) is 120 cm³/mol. The van der Waals surface area contributed by atoms with Gasteiger partial charge in [-0.2, -0.15) is 0 Å². The number of nitrogens with zero attached hydrogens (tertiary/aromatic N) is 3. The Balaban J connectivity index is 1.57. The Hall–Kier alpha value is -4.25. The van der Waals surface area contributed by atoms with Crippen molar-refractivity contribution in [3.05, 3.63) is 96.6 Å². The van der Waals surface area contributed by atoms with Crippen LogP contribution in [0.3, 0.4) is 0 Å². The topological polar surface area (TPSA) is 137 Å². The molecule has 10 nitrogen and oxygen atoms in total. The SMILES string of the molecule is Cc1ccc(-c2ccc(/C=C3\SC(=O)N(Cc4ccccc4[N+](=O)[O-])C3=O)o2)cc1[N+](=O)[O-]. The van der Waals surface area contributed by atoms with Gasteiger partial charge in [0.25, 0.3) is 22.5 Å². The number of furan rings is 1. The van der Waals surface area contributed by atoms with Crippen LogP contribution in [0.5, 0.6) is 0 Å². The molecule has 1 aliphatic heterocycles. The molecule has 2 amide bonds. The van der Waals surface area contributed by atoms with Crippen molar-refractivity contribution in [1.29, 1.82) is 0 Å². The lowest BCUT2D eigenvalue weighted by Crippen LogP contribution is -2.27. The normalized spacial score (nSPS) is 14.8. The first kappa shape index (κ1) is 22.0. The first-order valence-electron chi connectivity index (χ1n) is 9.57. The van der Waals surface area contributed by atoms with Gasteiger partial charge in [-0.25, -0.2) is 0 Å². The number of hydrogen-bond acceptors (Lipinski definition) is 8. The molecule has 1 aromatic heterocycles. The second kappa shape index (κ2) is 8.71. The highest BCUT2D eigenvalue weighted by Crippen LogP contribution is 2.35. The molecule has 0 aliphatic carbocycles. The molecule has 1 fully saturated rings. The van der Waals surface area contributed by atoms with Crippen LogP contribution in [0, 0.1) is 27.2 Å². The Kier molecular flexibility index (Phi) is 5.80. The number of carbonyl (C=O) groups excluding carboxylic acids is 2. The molecule has 0 N–H and O–H groups in total. The zero-order valence-corrected chi connectivity index (χ0v) is 17.9. The van der Waals surface area contributed by atoms with Gasteiger partial charge in [-0.15, -0.1) is 0 Å². The van der Waals surface area contributed by atoms with Gasteiger partial charge in [0.1, 0.15) is 11.5 Å². The minimum Gasteiger partial charge on any atom is -0.457 e. The number of amides is 2. The van der Waals surface area contributed by atoms with Gasteiger partial charge in [-0.3, -0.25) is 34.7 Å². The van der Waals surface area contributed by atoms with E-state index in [9.17, 15) is 29.8 Å². The summed E-state index contributed by atoms with van der Waals surface area (Å²) in [6, 6.07) is 13.8. The molecule has 11 heteroatoms. The molecule has 0 saturated carbocycles. The summed E-state index contributed by atoms with van der Waals surface area (Å²) in [4.78, 5) is 47.6. The van der Waals surface area contributed by atoms with E-state index in [0.717, 1.165) is 4.90 Å². The van der Waals surface area contributed by atoms with Gasteiger partial charge in [0, 0.05) is 34.9 Å². The van der Waals surface area contributed by atoms with Gasteiger partial charge in [0.05, 0.1) is 21.3 Å². The molecule has 2 aromatic carbocycles. The molecule has 1 aliphatic rings. The number of carbonyl (C=O) groups is 2. The van der Waals surface area contributed by atoms with Gasteiger partial charge in [-0.05, 0) is 30.8 Å². The van der Waals surface area contributed by atoms with Crippen molar-refractivity contribution >= 4 is 40.4 Å². The molecule has 0 atom stereocenters. The van der Waals surface area contributed by atoms with Crippen LogP contribution in [-0.4, -0.2) is 25.9 Å². The molecule has 0 radical (unpaired) electrons. The molecule has 1 saturated heterocycles. The monoisotopic (exact) mass is 465 g/mol. The van der Waals surface area contributed by atoms with Gasteiger partial charge in [-0.1, -0.05) is 30.3 Å². The fourth-order valence-electron chi connectivity index (χ4n) is 3.30. The third-order valence-corrected chi connectivity index (χ3v) is 5.89.